The van der Waals surface area contributed by atoms with Crippen LogP contribution in [0.3, 0.4) is 0 Å². The molecule has 18 heavy (non-hydrogen) atoms. The van der Waals surface area contributed by atoms with Crippen molar-refractivity contribution >= 4 is 15.9 Å². The molecular weight excluding hydrogens is 293 g/mol. The van der Waals surface area contributed by atoms with Gasteiger partial charge in [0.1, 0.15) is 5.82 Å². The van der Waals surface area contributed by atoms with Gasteiger partial charge in [-0.1, -0.05) is 15.9 Å². The summed E-state index contributed by atoms with van der Waals surface area (Å²) < 4.78 is 14.2. The lowest BCUT2D eigenvalue weighted by atomic mass is 9.98. The average molecular weight is 312 g/mol. The molecule has 0 saturated heterocycles. The minimum absolute atomic E-state index is 0.157. The molecule has 0 aromatic heterocycles. The van der Waals surface area contributed by atoms with Crippen LogP contribution < -0.4 is 5.32 Å². The van der Waals surface area contributed by atoms with Gasteiger partial charge < -0.3 is 5.32 Å². The molecule has 98 valence electrons. The van der Waals surface area contributed by atoms with Crippen LogP contribution >= 0.6 is 15.9 Å². The zero-order valence-corrected chi connectivity index (χ0v) is 12.0. The van der Waals surface area contributed by atoms with E-state index in [4.69, 9.17) is 0 Å². The molecule has 3 rings (SSSR count). The fourth-order valence-corrected chi connectivity index (χ4v) is 3.21. The van der Waals surface area contributed by atoms with Crippen LogP contribution in [0, 0.1) is 23.6 Å². The zero-order chi connectivity index (χ0) is 12.5. The summed E-state index contributed by atoms with van der Waals surface area (Å²) in [4.78, 5) is 0. The highest BCUT2D eigenvalue weighted by atomic mass is 79.9. The number of hydrogen-bond acceptors (Lipinski definition) is 1. The molecule has 2 fully saturated rings. The second-order valence-electron chi connectivity index (χ2n) is 5.71. The van der Waals surface area contributed by atoms with Crippen molar-refractivity contribution in [1.29, 1.82) is 0 Å². The molecule has 1 N–H and O–H groups in total. The van der Waals surface area contributed by atoms with Gasteiger partial charge in [0, 0.05) is 11.0 Å². The Morgan fingerprint density at radius 1 is 1.22 bits per heavy atom. The summed E-state index contributed by atoms with van der Waals surface area (Å²) in [6, 6.07) is 4.89. The molecule has 0 bridgehead atoms. The number of hydrogen-bond donors (Lipinski definition) is 1. The van der Waals surface area contributed by atoms with E-state index in [2.05, 4.69) is 21.2 Å². The van der Waals surface area contributed by atoms with Crippen molar-refractivity contribution in [3.63, 3.8) is 0 Å². The highest BCUT2D eigenvalue weighted by Gasteiger charge is 2.40. The van der Waals surface area contributed by atoms with E-state index in [-0.39, 0.29) is 5.82 Å². The van der Waals surface area contributed by atoms with Gasteiger partial charge in [-0.25, -0.2) is 4.39 Å². The van der Waals surface area contributed by atoms with Gasteiger partial charge >= 0.3 is 0 Å². The summed E-state index contributed by atoms with van der Waals surface area (Å²) in [5.41, 5.74) is 1.01. The van der Waals surface area contributed by atoms with E-state index < -0.39 is 0 Å². The molecule has 0 atom stereocenters. The Morgan fingerprint density at radius 2 is 1.89 bits per heavy atom. The highest BCUT2D eigenvalue weighted by Crippen LogP contribution is 2.48. The molecule has 1 nitrogen and oxygen atoms in total. The van der Waals surface area contributed by atoms with Crippen LogP contribution in [0.5, 0.6) is 0 Å². The lowest BCUT2D eigenvalue weighted by Crippen LogP contribution is -2.25. The largest absolute Gasteiger partial charge is 0.312 e. The fraction of sp³-hybridized carbons (Fsp3) is 0.600. The van der Waals surface area contributed by atoms with Gasteiger partial charge in [-0.3, -0.25) is 0 Å². The molecule has 0 aliphatic heterocycles. The molecular formula is C15H19BrFN. The number of nitrogens with one attached hydrogen (secondary N) is 1. The first-order valence-electron chi connectivity index (χ1n) is 6.88. The molecule has 0 radical (unpaired) electrons. The van der Waals surface area contributed by atoms with Crippen molar-refractivity contribution in [1.82, 2.24) is 5.32 Å². The van der Waals surface area contributed by atoms with Gasteiger partial charge in [0.25, 0.3) is 0 Å². The first-order chi connectivity index (χ1) is 8.74. The first-order valence-corrected chi connectivity index (χ1v) is 7.68. The van der Waals surface area contributed by atoms with Crippen molar-refractivity contribution in [2.24, 2.45) is 17.8 Å². The molecule has 3 heteroatoms. The third-order valence-electron chi connectivity index (χ3n) is 4.16. The normalized spacial score (nSPS) is 19.5. The molecule has 2 aliphatic carbocycles. The van der Waals surface area contributed by atoms with Gasteiger partial charge in [0.15, 0.2) is 0 Å². The third-order valence-corrected chi connectivity index (χ3v) is 4.93. The van der Waals surface area contributed by atoms with E-state index in [0.29, 0.717) is 0 Å². The van der Waals surface area contributed by atoms with E-state index in [1.165, 1.54) is 31.7 Å². The summed E-state index contributed by atoms with van der Waals surface area (Å²) in [6.07, 6.45) is 5.69. The van der Waals surface area contributed by atoms with E-state index in [1.54, 1.807) is 12.1 Å². The van der Waals surface area contributed by atoms with Gasteiger partial charge in [-0.15, -0.1) is 0 Å². The maximum atomic E-state index is 13.2. The van der Waals surface area contributed by atoms with E-state index >= 15 is 0 Å². The summed E-state index contributed by atoms with van der Waals surface area (Å²) in [5, 5.41) is 3.52. The van der Waals surface area contributed by atoms with Gasteiger partial charge in [-0.2, -0.15) is 0 Å². The van der Waals surface area contributed by atoms with Crippen LogP contribution in [-0.2, 0) is 6.54 Å². The molecule has 0 amide bonds. The average Bonchev–Trinajstić information content (AvgIpc) is 3.22. The second-order valence-corrected chi connectivity index (χ2v) is 6.56. The molecule has 0 unspecified atom stereocenters. The van der Waals surface area contributed by atoms with Crippen LogP contribution in [0.1, 0.15) is 31.2 Å². The zero-order valence-electron chi connectivity index (χ0n) is 10.5. The Hall–Kier alpha value is -0.410. The topological polar surface area (TPSA) is 12.0 Å². The minimum atomic E-state index is -0.157. The van der Waals surface area contributed by atoms with Gasteiger partial charge in [0.05, 0.1) is 0 Å². The molecule has 1 aromatic rings. The van der Waals surface area contributed by atoms with Crippen LogP contribution in [0.4, 0.5) is 4.39 Å². The van der Waals surface area contributed by atoms with Crippen LogP contribution in [-0.4, -0.2) is 6.54 Å². The van der Waals surface area contributed by atoms with Crippen LogP contribution in [0.2, 0.25) is 0 Å². The van der Waals surface area contributed by atoms with Crippen LogP contribution in [0.25, 0.3) is 0 Å². The monoisotopic (exact) mass is 311 g/mol. The second kappa shape index (κ2) is 5.30. The third kappa shape index (κ3) is 3.12. The number of rotatable bonds is 6. The van der Waals surface area contributed by atoms with Gasteiger partial charge in [0.2, 0.25) is 0 Å². The maximum absolute atomic E-state index is 13.2. The van der Waals surface area contributed by atoms with Crippen LogP contribution in [0.15, 0.2) is 22.7 Å². The SMILES string of the molecule is Fc1ccc(Br)c(CNCC(C2CC2)C2CC2)c1. The summed E-state index contributed by atoms with van der Waals surface area (Å²) in [6.45, 7) is 1.85. The fourth-order valence-electron chi connectivity index (χ4n) is 2.82. The molecule has 2 aliphatic rings. The highest BCUT2D eigenvalue weighted by molar-refractivity contribution is 9.10. The van der Waals surface area contributed by atoms with E-state index in [0.717, 1.165) is 40.9 Å². The quantitative estimate of drug-likeness (QED) is 0.833. The van der Waals surface area contributed by atoms with Crippen molar-refractivity contribution < 1.29 is 4.39 Å². The lowest BCUT2D eigenvalue weighted by Gasteiger charge is -2.16. The predicted molar refractivity (Wildman–Crippen MR) is 74.7 cm³/mol. The minimum Gasteiger partial charge on any atom is -0.312 e. The molecule has 0 spiro atoms. The van der Waals surface area contributed by atoms with Crippen molar-refractivity contribution in [3.8, 4) is 0 Å². The summed E-state index contributed by atoms with van der Waals surface area (Å²) in [5.74, 6) is 2.66. The smallest absolute Gasteiger partial charge is 0.123 e. The van der Waals surface area contributed by atoms with E-state index in [1.807, 2.05) is 0 Å². The van der Waals surface area contributed by atoms with E-state index in [9.17, 15) is 4.39 Å². The van der Waals surface area contributed by atoms with Gasteiger partial charge in [-0.05, 0) is 73.7 Å². The first kappa shape index (κ1) is 12.6. The maximum Gasteiger partial charge on any atom is 0.123 e. The summed E-state index contributed by atoms with van der Waals surface area (Å²) >= 11 is 3.47. The Labute approximate surface area is 116 Å². The Morgan fingerprint density at radius 3 is 2.50 bits per heavy atom. The standard InChI is InChI=1S/C15H19BrFN/c16-15-6-5-13(17)7-12(15)8-18-9-14(10-1-2-10)11-3-4-11/h5-7,10-11,14,18H,1-4,8-9H2. The Kier molecular flexibility index (Phi) is 3.71. The Balaban J connectivity index is 1.52. The number of benzene rings is 1. The molecule has 2 saturated carbocycles. The van der Waals surface area contributed by atoms with Crippen molar-refractivity contribution in [2.45, 2.75) is 32.2 Å². The molecule has 0 heterocycles. The van der Waals surface area contributed by atoms with Crippen molar-refractivity contribution in [3.05, 3.63) is 34.1 Å². The predicted octanol–water partition coefficient (Wildman–Crippen LogP) is 4.11. The Bertz CT molecular complexity index is 415. The van der Waals surface area contributed by atoms with Crippen molar-refractivity contribution in [2.75, 3.05) is 6.54 Å². The summed E-state index contributed by atoms with van der Waals surface area (Å²) in [7, 11) is 0. The molecule has 1 aromatic carbocycles. The lowest BCUT2D eigenvalue weighted by molar-refractivity contribution is 0.378. The number of halogens is 2.